The van der Waals surface area contributed by atoms with Crippen LogP contribution in [0, 0.1) is 6.92 Å². The van der Waals surface area contributed by atoms with E-state index in [0.717, 1.165) is 28.4 Å². The van der Waals surface area contributed by atoms with Crippen LogP contribution in [0.4, 0.5) is 11.4 Å². The number of hydrogen-bond acceptors (Lipinski definition) is 2. The molecule has 0 amide bonds. The summed E-state index contributed by atoms with van der Waals surface area (Å²) in [7, 11) is 0. The monoisotopic (exact) mass is 319 g/mol. The van der Waals surface area contributed by atoms with Gasteiger partial charge in [0.05, 0.1) is 0 Å². The van der Waals surface area contributed by atoms with E-state index in [1.165, 1.54) is 4.90 Å². The molecule has 0 saturated heterocycles. The van der Waals surface area contributed by atoms with E-state index in [4.69, 9.17) is 11.6 Å². The summed E-state index contributed by atoms with van der Waals surface area (Å²) in [6.45, 7) is 8.80. The third kappa shape index (κ3) is 4.69. The zero-order valence-corrected chi connectivity index (χ0v) is 14.6. The van der Waals surface area contributed by atoms with Crippen LogP contribution in [-0.2, 0) is 0 Å². The summed E-state index contributed by atoms with van der Waals surface area (Å²) >= 11 is 7.97. The zero-order valence-electron chi connectivity index (χ0n) is 13.0. The highest BCUT2D eigenvalue weighted by Crippen LogP contribution is 2.35. The first-order chi connectivity index (χ1) is 9.89. The highest BCUT2D eigenvalue weighted by molar-refractivity contribution is 8.00. The van der Waals surface area contributed by atoms with Gasteiger partial charge in [-0.1, -0.05) is 32.4 Å². The SMILES string of the molecule is CCC(C)(C)Sc1ccc(Nc2ccc(Cl)c(C)c2)cc1. The van der Waals surface area contributed by atoms with E-state index in [2.05, 4.69) is 56.4 Å². The molecule has 0 fully saturated rings. The molecule has 1 nitrogen and oxygen atoms in total. The highest BCUT2D eigenvalue weighted by Gasteiger charge is 2.16. The van der Waals surface area contributed by atoms with Crippen molar-refractivity contribution in [2.75, 3.05) is 5.32 Å². The predicted molar refractivity (Wildman–Crippen MR) is 96.1 cm³/mol. The van der Waals surface area contributed by atoms with Gasteiger partial charge >= 0.3 is 0 Å². The van der Waals surface area contributed by atoms with Crippen molar-refractivity contribution in [2.45, 2.75) is 43.8 Å². The molecule has 112 valence electrons. The summed E-state index contributed by atoms with van der Waals surface area (Å²) in [5.41, 5.74) is 3.24. The second-order valence-electron chi connectivity index (χ2n) is 5.83. The summed E-state index contributed by atoms with van der Waals surface area (Å²) in [4.78, 5) is 1.31. The minimum Gasteiger partial charge on any atom is -0.356 e. The van der Waals surface area contributed by atoms with Gasteiger partial charge in [0, 0.05) is 26.0 Å². The molecule has 0 aromatic heterocycles. The molecule has 2 aromatic carbocycles. The third-order valence-corrected chi connectivity index (χ3v) is 5.32. The van der Waals surface area contributed by atoms with Crippen molar-refractivity contribution in [3.05, 3.63) is 53.1 Å². The molecule has 0 spiro atoms. The number of nitrogens with one attached hydrogen (secondary N) is 1. The van der Waals surface area contributed by atoms with E-state index in [9.17, 15) is 0 Å². The quantitative estimate of drug-likeness (QED) is 0.617. The maximum absolute atomic E-state index is 6.05. The fourth-order valence-corrected chi connectivity index (χ4v) is 3.06. The zero-order chi connectivity index (χ0) is 15.5. The van der Waals surface area contributed by atoms with Crippen molar-refractivity contribution in [1.82, 2.24) is 0 Å². The topological polar surface area (TPSA) is 12.0 Å². The van der Waals surface area contributed by atoms with Gasteiger partial charge in [-0.15, -0.1) is 11.8 Å². The number of aryl methyl sites for hydroxylation is 1. The van der Waals surface area contributed by atoms with Crippen LogP contribution in [0.15, 0.2) is 47.4 Å². The predicted octanol–water partition coefficient (Wildman–Crippen LogP) is 6.67. The molecule has 2 rings (SSSR count). The van der Waals surface area contributed by atoms with Crippen LogP contribution in [0.5, 0.6) is 0 Å². The summed E-state index contributed by atoms with van der Waals surface area (Å²) in [5.74, 6) is 0. The average Bonchev–Trinajstić information content (AvgIpc) is 2.45. The Morgan fingerprint density at radius 2 is 1.67 bits per heavy atom. The Bertz CT molecular complexity index is 605. The van der Waals surface area contributed by atoms with Crippen LogP contribution in [0.25, 0.3) is 0 Å². The Balaban J connectivity index is 2.07. The maximum atomic E-state index is 6.05. The smallest absolute Gasteiger partial charge is 0.0436 e. The molecule has 0 saturated carbocycles. The van der Waals surface area contributed by atoms with Crippen LogP contribution in [-0.4, -0.2) is 4.75 Å². The fraction of sp³-hybridized carbons (Fsp3) is 0.333. The Morgan fingerprint density at radius 1 is 1.05 bits per heavy atom. The molecular formula is C18H22ClNS. The van der Waals surface area contributed by atoms with Gasteiger partial charge in [0.1, 0.15) is 0 Å². The van der Waals surface area contributed by atoms with Crippen molar-refractivity contribution >= 4 is 34.7 Å². The molecule has 1 N–H and O–H groups in total. The molecular weight excluding hydrogens is 298 g/mol. The van der Waals surface area contributed by atoms with Crippen molar-refractivity contribution in [2.24, 2.45) is 0 Å². The van der Waals surface area contributed by atoms with E-state index >= 15 is 0 Å². The first kappa shape index (κ1) is 16.3. The van der Waals surface area contributed by atoms with E-state index in [1.54, 1.807) is 0 Å². The lowest BCUT2D eigenvalue weighted by molar-refractivity contribution is 0.684. The molecule has 2 aromatic rings. The minimum atomic E-state index is 0.280. The van der Waals surface area contributed by atoms with Gasteiger partial charge in [-0.3, -0.25) is 0 Å². The van der Waals surface area contributed by atoms with Crippen LogP contribution in [0.2, 0.25) is 5.02 Å². The summed E-state index contributed by atoms with van der Waals surface area (Å²) in [6.07, 6.45) is 1.15. The van der Waals surface area contributed by atoms with Crippen molar-refractivity contribution in [3.63, 3.8) is 0 Å². The molecule has 0 heterocycles. The lowest BCUT2D eigenvalue weighted by Gasteiger charge is -2.21. The molecule has 0 unspecified atom stereocenters. The Hall–Kier alpha value is -1.12. The van der Waals surface area contributed by atoms with Crippen LogP contribution < -0.4 is 5.32 Å². The molecule has 0 atom stereocenters. The molecule has 0 aliphatic heterocycles. The number of anilines is 2. The normalized spacial score (nSPS) is 11.5. The minimum absolute atomic E-state index is 0.280. The number of hydrogen-bond donors (Lipinski definition) is 1. The molecule has 21 heavy (non-hydrogen) atoms. The Labute approximate surface area is 137 Å². The number of benzene rings is 2. The fourth-order valence-electron chi connectivity index (χ4n) is 1.89. The first-order valence-electron chi connectivity index (χ1n) is 7.22. The van der Waals surface area contributed by atoms with Gasteiger partial charge in [-0.2, -0.15) is 0 Å². The molecule has 0 aliphatic rings. The van der Waals surface area contributed by atoms with Crippen molar-refractivity contribution < 1.29 is 0 Å². The van der Waals surface area contributed by atoms with Gasteiger partial charge in [0.15, 0.2) is 0 Å². The summed E-state index contributed by atoms with van der Waals surface area (Å²) in [5, 5.41) is 4.21. The molecule has 0 bridgehead atoms. The highest BCUT2D eigenvalue weighted by atomic mass is 35.5. The summed E-state index contributed by atoms with van der Waals surface area (Å²) in [6, 6.07) is 14.6. The van der Waals surface area contributed by atoms with Gasteiger partial charge in [-0.25, -0.2) is 0 Å². The summed E-state index contributed by atoms with van der Waals surface area (Å²) < 4.78 is 0.280. The molecule has 3 heteroatoms. The van der Waals surface area contributed by atoms with E-state index in [1.807, 2.05) is 30.8 Å². The molecule has 0 radical (unpaired) electrons. The third-order valence-electron chi connectivity index (χ3n) is 3.55. The standard InChI is InChI=1S/C18H22ClNS/c1-5-18(3,4)21-16-9-6-14(7-10-16)20-15-8-11-17(19)13(2)12-15/h6-12,20H,5H2,1-4H3. The lowest BCUT2D eigenvalue weighted by atomic mass is 10.1. The van der Waals surface area contributed by atoms with Crippen LogP contribution in [0.3, 0.4) is 0 Å². The Kier molecular flexibility index (Phi) is 5.23. The van der Waals surface area contributed by atoms with E-state index in [-0.39, 0.29) is 4.75 Å². The number of halogens is 1. The van der Waals surface area contributed by atoms with Crippen LogP contribution in [0.1, 0.15) is 32.8 Å². The Morgan fingerprint density at radius 3 is 2.24 bits per heavy atom. The van der Waals surface area contributed by atoms with Crippen LogP contribution >= 0.6 is 23.4 Å². The molecule has 0 aliphatic carbocycles. The van der Waals surface area contributed by atoms with Crippen molar-refractivity contribution in [3.8, 4) is 0 Å². The van der Waals surface area contributed by atoms with Gasteiger partial charge in [0.2, 0.25) is 0 Å². The number of thioether (sulfide) groups is 1. The van der Waals surface area contributed by atoms with Gasteiger partial charge < -0.3 is 5.32 Å². The van der Waals surface area contributed by atoms with Gasteiger partial charge in [-0.05, 0) is 61.4 Å². The first-order valence-corrected chi connectivity index (χ1v) is 8.41. The average molecular weight is 320 g/mol. The van der Waals surface area contributed by atoms with Crippen molar-refractivity contribution in [1.29, 1.82) is 0 Å². The lowest BCUT2D eigenvalue weighted by Crippen LogP contribution is -2.11. The second kappa shape index (κ2) is 6.76. The van der Waals surface area contributed by atoms with E-state index in [0.29, 0.717) is 0 Å². The van der Waals surface area contributed by atoms with E-state index < -0.39 is 0 Å². The maximum Gasteiger partial charge on any atom is 0.0436 e. The number of rotatable bonds is 5. The largest absolute Gasteiger partial charge is 0.356 e. The van der Waals surface area contributed by atoms with Gasteiger partial charge in [0.25, 0.3) is 0 Å². The second-order valence-corrected chi connectivity index (χ2v) is 8.02.